The lowest BCUT2D eigenvalue weighted by Crippen LogP contribution is -2.50. The molecule has 0 bridgehead atoms. The summed E-state index contributed by atoms with van der Waals surface area (Å²) in [5, 5.41) is 17.8. The standard InChI is InChI=1S/C14H15FN2O2/c1-9(14(18)19)12-7-17(8-12)6-10-2-3-13(15)4-11(10)5-16/h2-4,9,12H,6-8H2,1H3,(H,18,19). The highest BCUT2D eigenvalue weighted by molar-refractivity contribution is 5.70. The van der Waals surface area contributed by atoms with Crippen LogP contribution in [0.2, 0.25) is 0 Å². The van der Waals surface area contributed by atoms with E-state index in [-0.39, 0.29) is 11.8 Å². The number of halogens is 1. The first-order valence-corrected chi connectivity index (χ1v) is 6.15. The van der Waals surface area contributed by atoms with Crippen LogP contribution < -0.4 is 0 Å². The quantitative estimate of drug-likeness (QED) is 0.899. The van der Waals surface area contributed by atoms with Gasteiger partial charge in [0.2, 0.25) is 0 Å². The van der Waals surface area contributed by atoms with Gasteiger partial charge in [-0.1, -0.05) is 13.0 Å². The third kappa shape index (κ3) is 2.91. The fraction of sp³-hybridized carbons (Fsp3) is 0.429. The minimum Gasteiger partial charge on any atom is -0.481 e. The van der Waals surface area contributed by atoms with E-state index in [2.05, 4.69) is 4.90 Å². The third-order valence-corrected chi connectivity index (χ3v) is 3.67. The van der Waals surface area contributed by atoms with Crippen molar-refractivity contribution in [3.63, 3.8) is 0 Å². The molecule has 1 aliphatic heterocycles. The molecule has 5 heteroatoms. The number of carbonyl (C=O) groups is 1. The van der Waals surface area contributed by atoms with E-state index < -0.39 is 11.8 Å². The van der Waals surface area contributed by atoms with E-state index in [1.807, 2.05) is 6.07 Å². The summed E-state index contributed by atoms with van der Waals surface area (Å²) in [6.07, 6.45) is 0. The zero-order valence-electron chi connectivity index (χ0n) is 10.6. The Balaban J connectivity index is 1.95. The number of nitriles is 1. The molecular formula is C14H15FN2O2. The van der Waals surface area contributed by atoms with Crippen molar-refractivity contribution in [2.75, 3.05) is 13.1 Å². The minimum absolute atomic E-state index is 0.156. The molecule has 0 spiro atoms. The largest absolute Gasteiger partial charge is 0.481 e. The second-order valence-corrected chi connectivity index (χ2v) is 4.99. The van der Waals surface area contributed by atoms with Crippen LogP contribution in [0.1, 0.15) is 18.1 Å². The molecule has 1 N–H and O–H groups in total. The number of aliphatic carboxylic acids is 1. The lowest BCUT2D eigenvalue weighted by atomic mass is 9.86. The number of benzene rings is 1. The molecule has 1 aromatic carbocycles. The number of carboxylic acids is 1. The van der Waals surface area contributed by atoms with Crippen LogP contribution in [-0.2, 0) is 11.3 Å². The highest BCUT2D eigenvalue weighted by atomic mass is 19.1. The van der Waals surface area contributed by atoms with Gasteiger partial charge in [-0.3, -0.25) is 9.69 Å². The molecule has 19 heavy (non-hydrogen) atoms. The lowest BCUT2D eigenvalue weighted by Gasteiger charge is -2.41. The van der Waals surface area contributed by atoms with E-state index >= 15 is 0 Å². The number of likely N-dealkylation sites (tertiary alicyclic amines) is 1. The Hall–Kier alpha value is -1.93. The van der Waals surface area contributed by atoms with Crippen molar-refractivity contribution < 1.29 is 14.3 Å². The predicted molar refractivity (Wildman–Crippen MR) is 66.7 cm³/mol. The van der Waals surface area contributed by atoms with E-state index in [1.54, 1.807) is 13.0 Å². The lowest BCUT2D eigenvalue weighted by molar-refractivity contribution is -0.145. The molecule has 1 atom stereocenters. The van der Waals surface area contributed by atoms with Gasteiger partial charge in [-0.2, -0.15) is 5.26 Å². The van der Waals surface area contributed by atoms with Gasteiger partial charge in [-0.25, -0.2) is 4.39 Å². The first kappa shape index (κ1) is 13.5. The Bertz CT molecular complexity index is 533. The third-order valence-electron chi connectivity index (χ3n) is 3.67. The highest BCUT2D eigenvalue weighted by Gasteiger charge is 2.34. The smallest absolute Gasteiger partial charge is 0.306 e. The van der Waals surface area contributed by atoms with Crippen LogP contribution in [-0.4, -0.2) is 29.1 Å². The molecule has 1 aromatic rings. The summed E-state index contributed by atoms with van der Waals surface area (Å²) in [5.41, 5.74) is 1.13. The number of hydrogen-bond donors (Lipinski definition) is 1. The minimum atomic E-state index is -0.774. The van der Waals surface area contributed by atoms with Crippen LogP contribution in [0, 0.1) is 29.0 Å². The fourth-order valence-corrected chi connectivity index (χ4v) is 2.29. The van der Waals surface area contributed by atoms with Crippen molar-refractivity contribution in [3.8, 4) is 6.07 Å². The molecule has 4 nitrogen and oxygen atoms in total. The SMILES string of the molecule is CC(C(=O)O)C1CN(Cc2ccc(F)cc2C#N)C1. The first-order valence-electron chi connectivity index (χ1n) is 6.15. The van der Waals surface area contributed by atoms with Gasteiger partial charge in [0.1, 0.15) is 5.82 Å². The van der Waals surface area contributed by atoms with Crippen LogP contribution in [0.25, 0.3) is 0 Å². The molecule has 0 aromatic heterocycles. The summed E-state index contributed by atoms with van der Waals surface area (Å²) in [6, 6.07) is 6.16. The van der Waals surface area contributed by atoms with Crippen molar-refractivity contribution in [1.29, 1.82) is 5.26 Å². The zero-order chi connectivity index (χ0) is 14.0. The molecule has 0 saturated carbocycles. The zero-order valence-corrected chi connectivity index (χ0v) is 10.6. The van der Waals surface area contributed by atoms with Crippen LogP contribution in [0.5, 0.6) is 0 Å². The normalized spacial score (nSPS) is 17.5. The molecular weight excluding hydrogens is 247 g/mol. The summed E-state index contributed by atoms with van der Waals surface area (Å²) in [5.74, 6) is -1.38. The van der Waals surface area contributed by atoms with Gasteiger partial charge < -0.3 is 5.11 Å². The highest BCUT2D eigenvalue weighted by Crippen LogP contribution is 2.26. The van der Waals surface area contributed by atoms with E-state index in [4.69, 9.17) is 10.4 Å². The average Bonchev–Trinajstić information content (AvgIpc) is 2.33. The Labute approximate surface area is 111 Å². The maximum atomic E-state index is 13.0. The van der Waals surface area contributed by atoms with Gasteiger partial charge in [0.25, 0.3) is 0 Å². The summed E-state index contributed by atoms with van der Waals surface area (Å²) in [7, 11) is 0. The second kappa shape index (κ2) is 5.37. The van der Waals surface area contributed by atoms with E-state index in [9.17, 15) is 9.18 Å². The summed E-state index contributed by atoms with van der Waals surface area (Å²) < 4.78 is 13.0. The van der Waals surface area contributed by atoms with E-state index in [0.29, 0.717) is 25.2 Å². The number of hydrogen-bond acceptors (Lipinski definition) is 3. The number of rotatable bonds is 4. The second-order valence-electron chi connectivity index (χ2n) is 4.99. The fourth-order valence-electron chi connectivity index (χ4n) is 2.29. The predicted octanol–water partition coefficient (Wildman–Crippen LogP) is 1.85. The monoisotopic (exact) mass is 262 g/mol. The number of carboxylic acid groups (broad SMARTS) is 1. The molecule has 1 heterocycles. The molecule has 0 amide bonds. The first-order chi connectivity index (χ1) is 9.01. The molecule has 1 unspecified atom stereocenters. The topological polar surface area (TPSA) is 64.3 Å². The maximum Gasteiger partial charge on any atom is 0.306 e. The van der Waals surface area contributed by atoms with Crippen molar-refractivity contribution in [2.24, 2.45) is 11.8 Å². The Morgan fingerprint density at radius 3 is 2.89 bits per heavy atom. The van der Waals surface area contributed by atoms with Gasteiger partial charge >= 0.3 is 5.97 Å². The van der Waals surface area contributed by atoms with Crippen LogP contribution in [0.4, 0.5) is 4.39 Å². The van der Waals surface area contributed by atoms with Crippen LogP contribution in [0.15, 0.2) is 18.2 Å². The van der Waals surface area contributed by atoms with Gasteiger partial charge in [-0.05, 0) is 23.6 Å². The molecule has 2 rings (SSSR count). The number of nitrogens with zero attached hydrogens (tertiary/aromatic N) is 2. The average molecular weight is 262 g/mol. The Morgan fingerprint density at radius 1 is 1.63 bits per heavy atom. The van der Waals surface area contributed by atoms with Crippen molar-refractivity contribution in [2.45, 2.75) is 13.5 Å². The molecule has 1 saturated heterocycles. The van der Waals surface area contributed by atoms with E-state index in [0.717, 1.165) is 5.56 Å². The molecule has 0 aliphatic carbocycles. The van der Waals surface area contributed by atoms with Gasteiger partial charge in [0.05, 0.1) is 17.6 Å². The molecule has 100 valence electrons. The van der Waals surface area contributed by atoms with Gasteiger partial charge in [0.15, 0.2) is 0 Å². The molecule has 1 fully saturated rings. The van der Waals surface area contributed by atoms with Gasteiger partial charge in [-0.15, -0.1) is 0 Å². The summed E-state index contributed by atoms with van der Waals surface area (Å²) in [4.78, 5) is 12.9. The van der Waals surface area contributed by atoms with E-state index in [1.165, 1.54) is 12.1 Å². The van der Waals surface area contributed by atoms with Gasteiger partial charge in [0, 0.05) is 19.6 Å². The maximum absolute atomic E-state index is 13.0. The molecule has 1 aliphatic rings. The van der Waals surface area contributed by atoms with Crippen LogP contribution >= 0.6 is 0 Å². The summed E-state index contributed by atoms with van der Waals surface area (Å²) >= 11 is 0. The van der Waals surface area contributed by atoms with Crippen molar-refractivity contribution in [1.82, 2.24) is 4.90 Å². The van der Waals surface area contributed by atoms with Crippen molar-refractivity contribution >= 4 is 5.97 Å². The Kier molecular flexibility index (Phi) is 3.82. The van der Waals surface area contributed by atoms with Crippen LogP contribution in [0.3, 0.4) is 0 Å². The summed E-state index contributed by atoms with van der Waals surface area (Å²) in [6.45, 7) is 3.68. The van der Waals surface area contributed by atoms with Crippen molar-refractivity contribution in [3.05, 3.63) is 35.1 Å². The molecule has 0 radical (unpaired) electrons. The Morgan fingerprint density at radius 2 is 2.32 bits per heavy atom.